The molecule has 9 nitrogen and oxygen atoms in total. The first-order valence-electron chi connectivity index (χ1n) is 8.47. The SMILES string of the molecule is Cc1ccc(O[C@H]2CCN(C(=O)c3nc4nc(C)cc(C)n4n3)C2)nn1. The molecule has 1 fully saturated rings. The van der Waals surface area contributed by atoms with Crippen LogP contribution < -0.4 is 4.74 Å². The zero-order valence-corrected chi connectivity index (χ0v) is 14.9. The minimum absolute atomic E-state index is 0.116. The van der Waals surface area contributed by atoms with Gasteiger partial charge in [0.15, 0.2) is 0 Å². The second-order valence-electron chi connectivity index (χ2n) is 6.48. The summed E-state index contributed by atoms with van der Waals surface area (Å²) < 4.78 is 7.40. The Bertz CT molecular complexity index is 967. The molecule has 0 aromatic carbocycles. The maximum atomic E-state index is 12.7. The molecule has 0 spiro atoms. The van der Waals surface area contributed by atoms with Crippen LogP contribution >= 0.6 is 0 Å². The van der Waals surface area contributed by atoms with E-state index in [2.05, 4.69) is 25.3 Å². The Morgan fingerprint density at radius 1 is 1.15 bits per heavy atom. The van der Waals surface area contributed by atoms with Gasteiger partial charge in [0.05, 0.1) is 12.2 Å². The van der Waals surface area contributed by atoms with Crippen molar-refractivity contribution in [3.8, 4) is 5.88 Å². The minimum Gasteiger partial charge on any atom is -0.471 e. The molecule has 0 aliphatic carbocycles. The van der Waals surface area contributed by atoms with Crippen molar-refractivity contribution in [2.75, 3.05) is 13.1 Å². The number of fused-ring (bicyclic) bond motifs is 1. The van der Waals surface area contributed by atoms with Gasteiger partial charge >= 0.3 is 0 Å². The number of aryl methyl sites for hydroxylation is 3. The predicted octanol–water partition coefficient (Wildman–Crippen LogP) is 1.13. The quantitative estimate of drug-likeness (QED) is 0.696. The Balaban J connectivity index is 1.47. The van der Waals surface area contributed by atoms with Crippen molar-refractivity contribution in [1.29, 1.82) is 0 Å². The van der Waals surface area contributed by atoms with Gasteiger partial charge in [0.1, 0.15) is 6.10 Å². The van der Waals surface area contributed by atoms with E-state index < -0.39 is 0 Å². The molecule has 1 saturated heterocycles. The zero-order valence-electron chi connectivity index (χ0n) is 14.9. The van der Waals surface area contributed by atoms with Crippen LogP contribution in [-0.4, -0.2) is 59.8 Å². The van der Waals surface area contributed by atoms with Crippen LogP contribution in [0.25, 0.3) is 5.78 Å². The topological polar surface area (TPSA) is 98.4 Å². The Morgan fingerprint density at radius 2 is 2.00 bits per heavy atom. The van der Waals surface area contributed by atoms with Crippen molar-refractivity contribution in [1.82, 2.24) is 34.7 Å². The molecule has 0 N–H and O–H groups in total. The number of ether oxygens (including phenoxy) is 1. The maximum Gasteiger partial charge on any atom is 0.293 e. The second-order valence-corrected chi connectivity index (χ2v) is 6.48. The van der Waals surface area contributed by atoms with Gasteiger partial charge in [-0.3, -0.25) is 4.79 Å². The molecule has 0 bridgehead atoms. The first-order chi connectivity index (χ1) is 12.5. The zero-order chi connectivity index (χ0) is 18.3. The number of hydrogen-bond donors (Lipinski definition) is 0. The number of hydrogen-bond acceptors (Lipinski definition) is 7. The molecule has 0 saturated carbocycles. The average molecular weight is 353 g/mol. The Morgan fingerprint density at radius 3 is 2.77 bits per heavy atom. The molecule has 134 valence electrons. The van der Waals surface area contributed by atoms with E-state index >= 15 is 0 Å². The molecule has 1 aliphatic rings. The normalized spacial score (nSPS) is 17.0. The number of rotatable bonds is 3. The van der Waals surface area contributed by atoms with Gasteiger partial charge in [-0.15, -0.1) is 10.2 Å². The molecule has 9 heteroatoms. The summed E-state index contributed by atoms with van der Waals surface area (Å²) in [5.41, 5.74) is 2.56. The number of nitrogens with zero attached hydrogens (tertiary/aromatic N) is 7. The lowest BCUT2D eigenvalue weighted by atomic mass is 10.3. The van der Waals surface area contributed by atoms with Gasteiger partial charge in [-0.05, 0) is 32.9 Å². The van der Waals surface area contributed by atoms with Crippen molar-refractivity contribution in [2.24, 2.45) is 0 Å². The fourth-order valence-electron chi connectivity index (χ4n) is 3.03. The molecule has 1 aliphatic heterocycles. The fourth-order valence-corrected chi connectivity index (χ4v) is 3.03. The highest BCUT2D eigenvalue weighted by Crippen LogP contribution is 2.18. The number of aromatic nitrogens is 6. The first-order valence-corrected chi connectivity index (χ1v) is 8.47. The van der Waals surface area contributed by atoms with Crippen LogP contribution in [0, 0.1) is 20.8 Å². The number of likely N-dealkylation sites (tertiary alicyclic amines) is 1. The van der Waals surface area contributed by atoms with E-state index in [1.807, 2.05) is 32.9 Å². The van der Waals surface area contributed by atoms with E-state index in [-0.39, 0.29) is 17.8 Å². The van der Waals surface area contributed by atoms with E-state index in [0.29, 0.717) is 24.7 Å². The summed E-state index contributed by atoms with van der Waals surface area (Å²) in [6, 6.07) is 5.53. The van der Waals surface area contributed by atoms with Crippen molar-refractivity contribution in [3.05, 3.63) is 41.1 Å². The lowest BCUT2D eigenvalue weighted by Gasteiger charge is -2.15. The van der Waals surface area contributed by atoms with E-state index in [0.717, 1.165) is 23.5 Å². The third-order valence-electron chi connectivity index (χ3n) is 4.30. The van der Waals surface area contributed by atoms with E-state index in [4.69, 9.17) is 4.74 Å². The lowest BCUT2D eigenvalue weighted by Crippen LogP contribution is -2.31. The van der Waals surface area contributed by atoms with Gasteiger partial charge < -0.3 is 9.64 Å². The van der Waals surface area contributed by atoms with Crippen LogP contribution in [-0.2, 0) is 0 Å². The average Bonchev–Trinajstić information content (AvgIpc) is 3.23. The summed E-state index contributed by atoms with van der Waals surface area (Å²) in [6.07, 6.45) is 0.612. The van der Waals surface area contributed by atoms with Gasteiger partial charge in [-0.25, -0.2) is 9.50 Å². The third-order valence-corrected chi connectivity index (χ3v) is 4.30. The van der Waals surface area contributed by atoms with Crippen molar-refractivity contribution in [3.63, 3.8) is 0 Å². The summed E-state index contributed by atoms with van der Waals surface area (Å²) >= 11 is 0. The summed E-state index contributed by atoms with van der Waals surface area (Å²) in [7, 11) is 0. The molecule has 1 amide bonds. The van der Waals surface area contributed by atoms with Crippen molar-refractivity contribution in [2.45, 2.75) is 33.3 Å². The molecule has 3 aromatic heterocycles. The molecule has 0 radical (unpaired) electrons. The standard InChI is InChI=1S/C17H19N7O2/c1-10-4-5-14(21-20-10)26-13-6-7-23(9-13)16(25)15-19-17-18-11(2)8-12(3)24(17)22-15/h4-5,8,13H,6-7,9H2,1-3H3/t13-/m0/s1. The highest BCUT2D eigenvalue weighted by molar-refractivity contribution is 5.91. The van der Waals surface area contributed by atoms with E-state index in [1.165, 1.54) is 0 Å². The van der Waals surface area contributed by atoms with Crippen LogP contribution in [0.3, 0.4) is 0 Å². The molecule has 26 heavy (non-hydrogen) atoms. The highest BCUT2D eigenvalue weighted by atomic mass is 16.5. The lowest BCUT2D eigenvalue weighted by molar-refractivity contribution is 0.0759. The number of carbonyl (C=O) groups excluding carboxylic acids is 1. The fraction of sp³-hybridized carbons (Fsp3) is 0.412. The van der Waals surface area contributed by atoms with Gasteiger partial charge in [-0.1, -0.05) is 0 Å². The van der Waals surface area contributed by atoms with Gasteiger partial charge in [-0.2, -0.15) is 10.1 Å². The summed E-state index contributed by atoms with van der Waals surface area (Å²) in [5, 5.41) is 12.3. The van der Waals surface area contributed by atoms with Gasteiger partial charge in [0, 0.05) is 30.4 Å². The van der Waals surface area contributed by atoms with Crippen molar-refractivity contribution < 1.29 is 9.53 Å². The smallest absolute Gasteiger partial charge is 0.293 e. The van der Waals surface area contributed by atoms with E-state index in [9.17, 15) is 4.79 Å². The van der Waals surface area contributed by atoms with Crippen LogP contribution in [0.15, 0.2) is 18.2 Å². The highest BCUT2D eigenvalue weighted by Gasteiger charge is 2.31. The summed E-state index contributed by atoms with van der Waals surface area (Å²) in [5.74, 6) is 0.847. The Hall–Kier alpha value is -3.10. The third kappa shape index (κ3) is 3.07. The predicted molar refractivity (Wildman–Crippen MR) is 92.0 cm³/mol. The monoisotopic (exact) mass is 353 g/mol. The maximum absolute atomic E-state index is 12.7. The van der Waals surface area contributed by atoms with Crippen LogP contribution in [0.4, 0.5) is 0 Å². The Kier molecular flexibility index (Phi) is 3.98. The van der Waals surface area contributed by atoms with Crippen LogP contribution in [0.5, 0.6) is 5.88 Å². The molecule has 1 atom stereocenters. The molecule has 3 aromatic rings. The summed E-state index contributed by atoms with van der Waals surface area (Å²) in [4.78, 5) is 23.0. The van der Waals surface area contributed by atoms with E-state index in [1.54, 1.807) is 15.5 Å². The molecular weight excluding hydrogens is 334 g/mol. The molecule has 0 unspecified atom stereocenters. The molecule has 4 heterocycles. The number of carbonyl (C=O) groups is 1. The summed E-state index contributed by atoms with van der Waals surface area (Å²) in [6.45, 7) is 6.72. The minimum atomic E-state index is -0.214. The molecule has 4 rings (SSSR count). The molecular formula is C17H19N7O2. The largest absolute Gasteiger partial charge is 0.471 e. The second kappa shape index (κ2) is 6.32. The number of amides is 1. The first kappa shape index (κ1) is 16.4. The van der Waals surface area contributed by atoms with Crippen LogP contribution in [0.1, 0.15) is 34.1 Å². The van der Waals surface area contributed by atoms with Gasteiger partial charge in [0.25, 0.3) is 11.7 Å². The Labute approximate surface area is 150 Å². The van der Waals surface area contributed by atoms with Crippen LogP contribution in [0.2, 0.25) is 0 Å². The van der Waals surface area contributed by atoms with Crippen molar-refractivity contribution >= 4 is 11.7 Å². The van der Waals surface area contributed by atoms with Gasteiger partial charge in [0.2, 0.25) is 11.7 Å².